The van der Waals surface area contributed by atoms with Crippen LogP contribution in [0.3, 0.4) is 0 Å². The van der Waals surface area contributed by atoms with Gasteiger partial charge < -0.3 is 4.18 Å². The van der Waals surface area contributed by atoms with Gasteiger partial charge in [-0.3, -0.25) is 0 Å². The molecule has 0 amide bonds. The van der Waals surface area contributed by atoms with E-state index in [4.69, 9.17) is 5.41 Å². The van der Waals surface area contributed by atoms with Crippen molar-refractivity contribution in [2.24, 2.45) is 0 Å². The van der Waals surface area contributed by atoms with Crippen molar-refractivity contribution in [2.75, 3.05) is 0 Å². The summed E-state index contributed by atoms with van der Waals surface area (Å²) in [6.07, 6.45) is -1.81. The number of hydrogen-bond donors (Lipinski definition) is 2. The van der Waals surface area contributed by atoms with E-state index in [2.05, 4.69) is 4.18 Å². The number of thiol groups is 1. The Kier molecular flexibility index (Phi) is 6.90. The number of nitrogens with one attached hydrogen (secondary N) is 1. The predicted octanol–water partition coefficient (Wildman–Crippen LogP) is -1.21. The first-order chi connectivity index (χ1) is 3.13. The topological polar surface area (TPSA) is 67.2 Å². The molecule has 44 valence electrons. The molecule has 0 aliphatic rings. The molecule has 0 rings (SSSR count). The molecule has 1 N–H and O–H groups in total. The van der Waals surface area contributed by atoms with Crippen LogP contribution >= 0.6 is 0 Å². The van der Waals surface area contributed by atoms with E-state index in [1.54, 1.807) is 0 Å². The molecule has 8 heavy (non-hydrogen) atoms. The second-order valence-electron chi connectivity index (χ2n) is 0.589. The van der Waals surface area contributed by atoms with E-state index in [9.17, 15) is 12.8 Å². The summed E-state index contributed by atoms with van der Waals surface area (Å²) in [6.45, 7) is 0. The van der Waals surface area contributed by atoms with Crippen molar-refractivity contribution < 1.29 is 17.0 Å². The van der Waals surface area contributed by atoms with E-state index in [-0.39, 0.29) is 18.9 Å². The molecule has 0 saturated carbocycles. The van der Waals surface area contributed by atoms with Gasteiger partial charge >= 0.3 is 36.0 Å². The Labute approximate surface area is 58.9 Å². The van der Waals surface area contributed by atoms with Crippen molar-refractivity contribution >= 4 is 36.0 Å². The predicted molar refractivity (Wildman–Crippen MR) is 27.4 cm³/mol. The van der Waals surface area contributed by atoms with E-state index < -0.39 is 17.1 Å². The van der Waals surface area contributed by atoms with Gasteiger partial charge in [0.1, 0.15) is 0 Å². The molecule has 0 fully saturated rings. The normalized spacial score (nSPS) is 7.75. The van der Waals surface area contributed by atoms with Gasteiger partial charge in [-0.1, -0.05) is 0 Å². The Morgan fingerprint density at radius 2 is 2.00 bits per heavy atom. The van der Waals surface area contributed by atoms with Gasteiger partial charge in [0.25, 0.3) is 0 Å². The minimum atomic E-state index is -3.24. The van der Waals surface area contributed by atoms with Gasteiger partial charge in [-0.05, 0) is 0 Å². The summed E-state index contributed by atoms with van der Waals surface area (Å²) in [5, 5.41) is 5.75. The zero-order valence-corrected chi connectivity index (χ0v) is 3.94. The van der Waals surface area contributed by atoms with Crippen LogP contribution in [0.25, 0.3) is 0 Å². The van der Waals surface area contributed by atoms with Gasteiger partial charge in [0.15, 0.2) is 0 Å². The second kappa shape index (κ2) is 5.09. The van der Waals surface area contributed by atoms with Crippen LogP contribution in [-0.4, -0.2) is 33.4 Å². The van der Waals surface area contributed by atoms with E-state index >= 15 is 0 Å². The van der Waals surface area contributed by atoms with Crippen LogP contribution in [0, 0.1) is 5.41 Å². The van der Waals surface area contributed by atoms with Crippen molar-refractivity contribution in [2.45, 2.75) is 0 Å². The third-order valence-electron chi connectivity index (χ3n) is 0.155. The second-order valence-corrected chi connectivity index (χ2v) is 1.22. The summed E-state index contributed by atoms with van der Waals surface area (Å²) in [5.74, 6) is 0. The quantitative estimate of drug-likeness (QED) is 0.205. The molecule has 0 aromatic carbocycles. The van der Waals surface area contributed by atoms with Crippen LogP contribution in [0.4, 0.5) is 4.39 Å². The Bertz CT molecular complexity index is 136. The van der Waals surface area contributed by atoms with E-state index in [0.29, 0.717) is 0 Å². The molecule has 0 unspecified atom stereocenters. The first kappa shape index (κ1) is 10.8. The summed E-state index contributed by atoms with van der Waals surface area (Å²) in [6, 6.07) is 0. The molecular formula is CH3FLiNO3S. The van der Waals surface area contributed by atoms with Crippen molar-refractivity contribution in [3.63, 3.8) is 0 Å². The summed E-state index contributed by atoms with van der Waals surface area (Å²) < 4.78 is 32.5. The fourth-order valence-electron chi connectivity index (χ4n) is 0.0654. The minimum absolute atomic E-state index is 0. The molecule has 0 aromatic heterocycles. The first-order valence-electron chi connectivity index (χ1n) is 1.19. The molecule has 4 nitrogen and oxygen atoms in total. The molecule has 0 atom stereocenters. The standard InChI is InChI=1S/CH2FNO3S.Li.H/c2-1(3)6-7(4)5;;/h3,7H;;. The molecule has 0 aliphatic carbocycles. The Morgan fingerprint density at radius 3 is 2.00 bits per heavy atom. The van der Waals surface area contributed by atoms with Crippen molar-refractivity contribution in [1.29, 1.82) is 5.41 Å². The van der Waals surface area contributed by atoms with Crippen molar-refractivity contribution in [3.05, 3.63) is 0 Å². The van der Waals surface area contributed by atoms with Gasteiger partial charge in [0, 0.05) is 0 Å². The van der Waals surface area contributed by atoms with E-state index in [1.165, 1.54) is 0 Å². The third-order valence-corrected chi connectivity index (χ3v) is 0.464. The maximum absolute atomic E-state index is 10.9. The van der Waals surface area contributed by atoms with Gasteiger partial charge in [-0.15, -0.1) is 4.39 Å². The van der Waals surface area contributed by atoms with Crippen molar-refractivity contribution in [1.82, 2.24) is 0 Å². The maximum atomic E-state index is 10.9. The third kappa shape index (κ3) is 9.34. The molecule has 0 bridgehead atoms. The fraction of sp³-hybridized carbons (Fsp3) is 0. The van der Waals surface area contributed by atoms with Gasteiger partial charge in [0.2, 0.25) is 0 Å². The summed E-state index contributed by atoms with van der Waals surface area (Å²) >= 11 is 0. The van der Waals surface area contributed by atoms with Crippen molar-refractivity contribution in [3.8, 4) is 0 Å². The average Bonchev–Trinajstić information content (AvgIpc) is 1.27. The first-order valence-corrected chi connectivity index (χ1v) is 2.29. The Hall–Kier alpha value is -0.0526. The number of rotatable bonds is 1. The summed E-state index contributed by atoms with van der Waals surface area (Å²) in [5.41, 5.74) is 0. The van der Waals surface area contributed by atoms with Crippen LogP contribution in [0.1, 0.15) is 0 Å². The molecular weight excluding hydrogens is 132 g/mol. The SMILES string of the molecule is N=C(F)O[SH](=O)=O.[LiH]. The zero-order valence-electron chi connectivity index (χ0n) is 3.05. The van der Waals surface area contributed by atoms with Crippen LogP contribution in [0.2, 0.25) is 0 Å². The number of halogens is 1. The molecule has 0 aliphatic heterocycles. The van der Waals surface area contributed by atoms with E-state index in [0.717, 1.165) is 0 Å². The average molecular weight is 135 g/mol. The van der Waals surface area contributed by atoms with Crippen LogP contribution in [0.15, 0.2) is 0 Å². The Balaban J connectivity index is 0. The molecule has 0 radical (unpaired) electrons. The number of hydrogen-bond acceptors (Lipinski definition) is 4. The van der Waals surface area contributed by atoms with Gasteiger partial charge in [0.05, 0.1) is 0 Å². The molecule has 0 aromatic rings. The van der Waals surface area contributed by atoms with Crippen LogP contribution < -0.4 is 0 Å². The monoisotopic (exact) mass is 135 g/mol. The molecule has 0 saturated heterocycles. The van der Waals surface area contributed by atoms with Crippen LogP contribution in [-0.2, 0) is 15.2 Å². The van der Waals surface area contributed by atoms with Gasteiger partial charge in [-0.2, -0.15) is 8.42 Å². The zero-order chi connectivity index (χ0) is 5.86. The van der Waals surface area contributed by atoms with Crippen LogP contribution in [0.5, 0.6) is 0 Å². The summed E-state index contributed by atoms with van der Waals surface area (Å²) in [7, 11) is -3.24. The molecule has 7 heteroatoms. The van der Waals surface area contributed by atoms with E-state index in [1.807, 2.05) is 0 Å². The molecule has 0 heterocycles. The molecule has 0 spiro atoms. The summed E-state index contributed by atoms with van der Waals surface area (Å²) in [4.78, 5) is 0. The van der Waals surface area contributed by atoms with Gasteiger partial charge in [-0.25, -0.2) is 5.41 Å². The Morgan fingerprint density at radius 1 is 1.62 bits per heavy atom. The fourth-order valence-corrected chi connectivity index (χ4v) is 0.196.